The van der Waals surface area contributed by atoms with Gasteiger partial charge in [0.2, 0.25) is 0 Å². The molecule has 1 saturated carbocycles. The molecule has 2 aromatic heterocycles. The number of benzene rings is 2. The Kier molecular flexibility index (Phi) is 5.12. The molecule has 8 nitrogen and oxygen atoms in total. The highest BCUT2D eigenvalue weighted by Crippen LogP contribution is 2.43. The molecule has 0 spiro atoms. The number of carbonyl (C=O) groups is 1. The number of anilines is 2. The quantitative estimate of drug-likeness (QED) is 0.398. The van der Waals surface area contributed by atoms with Gasteiger partial charge in [0.15, 0.2) is 5.82 Å². The monoisotopic (exact) mass is 472 g/mol. The highest BCUT2D eigenvalue weighted by atomic mass is 19.1. The molecule has 0 radical (unpaired) electrons. The molecule has 0 bridgehead atoms. The van der Waals surface area contributed by atoms with Gasteiger partial charge in [-0.05, 0) is 48.9 Å². The van der Waals surface area contributed by atoms with Crippen molar-refractivity contribution in [3.05, 3.63) is 71.7 Å². The summed E-state index contributed by atoms with van der Waals surface area (Å²) in [5.41, 5.74) is 11.6. The van der Waals surface area contributed by atoms with Crippen LogP contribution in [0.15, 0.2) is 48.8 Å². The fourth-order valence-electron chi connectivity index (χ4n) is 5.56. The summed E-state index contributed by atoms with van der Waals surface area (Å²) in [6.07, 6.45) is 4.84. The summed E-state index contributed by atoms with van der Waals surface area (Å²) in [5, 5.41) is 17.4. The van der Waals surface area contributed by atoms with E-state index in [9.17, 15) is 14.3 Å². The first-order valence-electron chi connectivity index (χ1n) is 11.9. The molecule has 178 valence electrons. The van der Waals surface area contributed by atoms with Crippen molar-refractivity contribution in [3.8, 4) is 11.1 Å². The van der Waals surface area contributed by atoms with Gasteiger partial charge in [-0.15, -0.1) is 0 Å². The highest BCUT2D eigenvalue weighted by molar-refractivity contribution is 5.83. The lowest BCUT2D eigenvalue weighted by atomic mass is 9.82. The molecule has 9 heteroatoms. The molecule has 1 aliphatic carbocycles. The fraction of sp³-hybridized carbons (Fsp3) is 0.308. The Morgan fingerprint density at radius 3 is 2.71 bits per heavy atom. The first-order chi connectivity index (χ1) is 17.0. The number of hydrogen-bond acceptors (Lipinski definition) is 6. The number of hydrogen-bond donors (Lipinski definition) is 3. The lowest BCUT2D eigenvalue weighted by Crippen LogP contribution is -2.21. The van der Waals surface area contributed by atoms with E-state index < -0.39 is 5.97 Å². The highest BCUT2D eigenvalue weighted by Gasteiger charge is 2.34. The van der Waals surface area contributed by atoms with Crippen molar-refractivity contribution in [2.45, 2.75) is 44.1 Å². The lowest BCUT2D eigenvalue weighted by Gasteiger charge is -2.24. The standard InChI is InChI=1S/C26H25FN6O2/c27-18-5-1-3-16(11-18)19-6-2-4-17-12-20(31-21(17)19)22-23-24(28)29-13-30-33(23)25(32-22)14-7-9-15(10-8-14)26(34)35/h1-6,11,13-15,20,31H,7-10,12H2,(H,34,35)(H2,28,29,30)/t14-,15-,20?. The zero-order chi connectivity index (χ0) is 24.1. The summed E-state index contributed by atoms with van der Waals surface area (Å²) in [6, 6.07) is 12.5. The Bertz CT molecular complexity index is 1440. The van der Waals surface area contributed by atoms with Crippen LogP contribution in [-0.4, -0.2) is 30.7 Å². The van der Waals surface area contributed by atoms with Gasteiger partial charge in [-0.25, -0.2) is 18.9 Å². The average molecular weight is 473 g/mol. The van der Waals surface area contributed by atoms with E-state index in [2.05, 4.69) is 21.5 Å². The van der Waals surface area contributed by atoms with Crippen molar-refractivity contribution in [2.24, 2.45) is 5.92 Å². The maximum Gasteiger partial charge on any atom is 0.306 e. The maximum absolute atomic E-state index is 13.9. The third-order valence-corrected chi connectivity index (χ3v) is 7.31. The third-order valence-electron chi connectivity index (χ3n) is 7.31. The summed E-state index contributed by atoms with van der Waals surface area (Å²) in [4.78, 5) is 20.7. The zero-order valence-electron chi connectivity index (χ0n) is 19.0. The van der Waals surface area contributed by atoms with Gasteiger partial charge in [0.05, 0.1) is 17.7 Å². The number of nitrogen functional groups attached to an aromatic ring is 1. The van der Waals surface area contributed by atoms with Gasteiger partial charge in [0.25, 0.3) is 0 Å². The molecule has 1 atom stereocenters. The topological polar surface area (TPSA) is 118 Å². The van der Waals surface area contributed by atoms with Crippen molar-refractivity contribution in [1.29, 1.82) is 0 Å². The largest absolute Gasteiger partial charge is 0.481 e. The molecule has 4 aromatic rings. The molecule has 3 heterocycles. The molecule has 2 aliphatic rings. The smallest absolute Gasteiger partial charge is 0.306 e. The second-order valence-corrected chi connectivity index (χ2v) is 9.40. The van der Waals surface area contributed by atoms with E-state index in [1.165, 1.54) is 18.5 Å². The molecular weight excluding hydrogens is 447 g/mol. The summed E-state index contributed by atoms with van der Waals surface area (Å²) < 4.78 is 15.7. The number of imidazole rings is 1. The minimum absolute atomic E-state index is 0.104. The predicted molar refractivity (Wildman–Crippen MR) is 129 cm³/mol. The van der Waals surface area contributed by atoms with E-state index in [1.54, 1.807) is 10.6 Å². The minimum atomic E-state index is -0.731. The van der Waals surface area contributed by atoms with Crippen molar-refractivity contribution in [3.63, 3.8) is 0 Å². The van der Waals surface area contributed by atoms with E-state index in [-0.39, 0.29) is 23.7 Å². The molecule has 1 aliphatic heterocycles. The third kappa shape index (κ3) is 3.67. The van der Waals surface area contributed by atoms with Crippen LogP contribution in [0, 0.1) is 11.7 Å². The lowest BCUT2D eigenvalue weighted by molar-refractivity contribution is -0.142. The van der Waals surface area contributed by atoms with Crippen LogP contribution >= 0.6 is 0 Å². The molecule has 35 heavy (non-hydrogen) atoms. The number of carboxylic acids is 1. The number of aliphatic carboxylic acids is 1. The van der Waals surface area contributed by atoms with Gasteiger partial charge < -0.3 is 16.2 Å². The van der Waals surface area contributed by atoms with E-state index in [1.807, 2.05) is 18.2 Å². The van der Waals surface area contributed by atoms with Gasteiger partial charge in [0, 0.05) is 23.6 Å². The molecular formula is C26H25FN6O2. The second-order valence-electron chi connectivity index (χ2n) is 9.40. The van der Waals surface area contributed by atoms with Crippen LogP contribution in [0.1, 0.15) is 54.7 Å². The number of carboxylic acid groups (broad SMARTS) is 1. The number of fused-ring (bicyclic) bond motifs is 2. The van der Waals surface area contributed by atoms with Crippen molar-refractivity contribution < 1.29 is 14.3 Å². The first-order valence-corrected chi connectivity index (χ1v) is 11.9. The molecule has 4 N–H and O–H groups in total. The van der Waals surface area contributed by atoms with E-state index in [4.69, 9.17) is 10.7 Å². The minimum Gasteiger partial charge on any atom is -0.481 e. The number of nitrogens with two attached hydrogens (primary N) is 1. The van der Waals surface area contributed by atoms with Gasteiger partial charge in [0.1, 0.15) is 23.5 Å². The average Bonchev–Trinajstić information content (AvgIpc) is 3.46. The van der Waals surface area contributed by atoms with Crippen LogP contribution in [0.5, 0.6) is 0 Å². The SMILES string of the molecule is Nc1ncnn2c1c(C1Cc3cccc(-c4cccc(F)c4)c3N1)nc2[C@H]1CC[C@H](C(=O)O)CC1. The molecule has 0 amide bonds. The van der Waals surface area contributed by atoms with Crippen LogP contribution in [0.3, 0.4) is 0 Å². The number of aromatic nitrogens is 4. The van der Waals surface area contributed by atoms with Crippen LogP contribution in [0.4, 0.5) is 15.9 Å². The Morgan fingerprint density at radius 1 is 1.14 bits per heavy atom. The maximum atomic E-state index is 13.9. The molecule has 2 aromatic carbocycles. The molecule has 1 unspecified atom stereocenters. The van der Waals surface area contributed by atoms with Crippen LogP contribution < -0.4 is 11.1 Å². The van der Waals surface area contributed by atoms with E-state index in [0.717, 1.165) is 46.7 Å². The number of nitrogens with zero attached hydrogens (tertiary/aromatic N) is 4. The summed E-state index contributed by atoms with van der Waals surface area (Å²) in [5.74, 6) is -0.0450. The zero-order valence-corrected chi connectivity index (χ0v) is 19.0. The van der Waals surface area contributed by atoms with Gasteiger partial charge >= 0.3 is 5.97 Å². The predicted octanol–water partition coefficient (Wildman–Crippen LogP) is 4.58. The first kappa shape index (κ1) is 21.5. The van der Waals surface area contributed by atoms with Crippen LogP contribution in [-0.2, 0) is 11.2 Å². The summed E-state index contributed by atoms with van der Waals surface area (Å²) in [6.45, 7) is 0. The number of para-hydroxylation sites is 1. The van der Waals surface area contributed by atoms with Crippen LogP contribution in [0.25, 0.3) is 16.6 Å². The second kappa shape index (κ2) is 8.33. The summed E-state index contributed by atoms with van der Waals surface area (Å²) in [7, 11) is 0. The number of rotatable bonds is 4. The van der Waals surface area contributed by atoms with Crippen molar-refractivity contribution >= 4 is 23.0 Å². The number of halogens is 1. The van der Waals surface area contributed by atoms with Gasteiger partial charge in [-0.2, -0.15) is 5.10 Å². The van der Waals surface area contributed by atoms with Crippen molar-refractivity contribution in [1.82, 2.24) is 19.6 Å². The fourth-order valence-corrected chi connectivity index (χ4v) is 5.56. The molecule has 0 saturated heterocycles. The Hall–Kier alpha value is -4.01. The van der Waals surface area contributed by atoms with Crippen LogP contribution in [0.2, 0.25) is 0 Å². The normalized spacial score (nSPS) is 21.6. The molecule has 1 fully saturated rings. The number of nitrogens with one attached hydrogen (secondary N) is 1. The Balaban J connectivity index is 1.37. The Morgan fingerprint density at radius 2 is 1.94 bits per heavy atom. The van der Waals surface area contributed by atoms with E-state index >= 15 is 0 Å². The summed E-state index contributed by atoms with van der Waals surface area (Å²) >= 11 is 0. The van der Waals surface area contributed by atoms with Gasteiger partial charge in [-0.3, -0.25) is 4.79 Å². The van der Waals surface area contributed by atoms with Gasteiger partial charge in [-0.1, -0.05) is 30.3 Å². The van der Waals surface area contributed by atoms with E-state index in [0.29, 0.717) is 30.6 Å². The Labute approximate surface area is 201 Å². The molecule has 6 rings (SSSR count). The van der Waals surface area contributed by atoms with Crippen molar-refractivity contribution in [2.75, 3.05) is 11.1 Å².